The van der Waals surface area contributed by atoms with Gasteiger partial charge < -0.3 is 20.1 Å². The number of halogens is 2. The van der Waals surface area contributed by atoms with E-state index in [1.54, 1.807) is 50.2 Å². The minimum absolute atomic E-state index is 0.246. The molecule has 1 unspecified atom stereocenters. The molecule has 2 amide bonds. The number of esters is 1. The minimum atomic E-state index is -0.655. The van der Waals surface area contributed by atoms with Gasteiger partial charge in [-0.3, -0.25) is 0 Å². The van der Waals surface area contributed by atoms with Crippen LogP contribution in [0.4, 0.5) is 4.79 Å². The van der Waals surface area contributed by atoms with Crippen molar-refractivity contribution >= 4 is 35.2 Å². The van der Waals surface area contributed by atoms with E-state index in [2.05, 4.69) is 10.6 Å². The lowest BCUT2D eigenvalue weighted by Crippen LogP contribution is -2.46. The molecule has 0 aliphatic carbocycles. The Labute approximate surface area is 191 Å². The lowest BCUT2D eigenvalue weighted by molar-refractivity contribution is -0.143. The normalized spacial score (nSPS) is 16.1. The Bertz CT molecular complexity index is 1020. The zero-order valence-electron chi connectivity index (χ0n) is 17.5. The van der Waals surface area contributed by atoms with Gasteiger partial charge >= 0.3 is 12.0 Å². The smallest absolute Gasteiger partial charge is 0.338 e. The maximum Gasteiger partial charge on any atom is 0.338 e. The van der Waals surface area contributed by atoms with E-state index in [1.165, 1.54) is 0 Å². The standard InChI is InChI=1S/C23H24Cl2N2O4/c1-4-19-20(22(28)31-13(2)3)21(27-23(29)26-19)14-6-5-7-17(10-14)30-12-15-8-9-16(24)11-18(15)25/h5-11,13,21H,4,12H2,1-3H3,(H2,26,27,29). The van der Waals surface area contributed by atoms with Crippen LogP contribution in [-0.2, 0) is 16.1 Å². The van der Waals surface area contributed by atoms with Gasteiger partial charge in [-0.15, -0.1) is 0 Å². The molecule has 1 atom stereocenters. The number of carbonyl (C=O) groups excluding carboxylic acids is 2. The lowest BCUT2D eigenvalue weighted by Gasteiger charge is -2.29. The summed E-state index contributed by atoms with van der Waals surface area (Å²) in [5, 5.41) is 6.60. The highest BCUT2D eigenvalue weighted by Crippen LogP contribution is 2.31. The highest BCUT2D eigenvalue weighted by atomic mass is 35.5. The van der Waals surface area contributed by atoms with Gasteiger partial charge in [0.2, 0.25) is 0 Å². The van der Waals surface area contributed by atoms with Crippen LogP contribution in [0.5, 0.6) is 5.75 Å². The average Bonchev–Trinajstić information content (AvgIpc) is 2.72. The van der Waals surface area contributed by atoms with Crippen LogP contribution in [0.25, 0.3) is 0 Å². The average molecular weight is 463 g/mol. The molecule has 0 saturated heterocycles. The molecule has 2 N–H and O–H groups in total. The first-order valence-corrected chi connectivity index (χ1v) is 10.7. The molecule has 0 bridgehead atoms. The van der Waals surface area contributed by atoms with Crippen molar-refractivity contribution < 1.29 is 19.1 Å². The highest BCUT2D eigenvalue weighted by molar-refractivity contribution is 6.35. The third-order valence-electron chi connectivity index (χ3n) is 4.67. The molecule has 3 rings (SSSR count). The Hall–Kier alpha value is -2.70. The molecule has 1 aliphatic heterocycles. The summed E-state index contributed by atoms with van der Waals surface area (Å²) in [5.41, 5.74) is 2.42. The number of allylic oxidation sites excluding steroid dienone is 1. The predicted molar refractivity (Wildman–Crippen MR) is 120 cm³/mol. The fourth-order valence-electron chi connectivity index (χ4n) is 3.25. The van der Waals surface area contributed by atoms with Crippen molar-refractivity contribution in [2.45, 2.75) is 45.9 Å². The Morgan fingerprint density at radius 3 is 2.61 bits per heavy atom. The van der Waals surface area contributed by atoms with E-state index in [1.807, 2.05) is 13.0 Å². The van der Waals surface area contributed by atoms with Crippen molar-refractivity contribution in [3.63, 3.8) is 0 Å². The number of nitrogens with one attached hydrogen (secondary N) is 2. The van der Waals surface area contributed by atoms with Gasteiger partial charge in [0.15, 0.2) is 0 Å². The number of carbonyl (C=O) groups is 2. The molecule has 0 aromatic heterocycles. The summed E-state index contributed by atoms with van der Waals surface area (Å²) in [6.45, 7) is 5.68. The van der Waals surface area contributed by atoms with E-state index in [0.29, 0.717) is 39.0 Å². The fourth-order valence-corrected chi connectivity index (χ4v) is 3.71. The van der Waals surface area contributed by atoms with Gasteiger partial charge in [0, 0.05) is 21.3 Å². The Balaban J connectivity index is 1.87. The maximum atomic E-state index is 12.8. The van der Waals surface area contributed by atoms with Crippen LogP contribution in [0.3, 0.4) is 0 Å². The van der Waals surface area contributed by atoms with Crippen LogP contribution in [-0.4, -0.2) is 18.1 Å². The number of urea groups is 1. The monoisotopic (exact) mass is 462 g/mol. The van der Waals surface area contributed by atoms with Crippen LogP contribution in [0, 0.1) is 0 Å². The molecule has 8 heteroatoms. The van der Waals surface area contributed by atoms with Crippen molar-refractivity contribution in [1.82, 2.24) is 10.6 Å². The van der Waals surface area contributed by atoms with Gasteiger partial charge in [0.1, 0.15) is 12.4 Å². The molecule has 0 radical (unpaired) electrons. The lowest BCUT2D eigenvalue weighted by atomic mass is 9.94. The second-order valence-electron chi connectivity index (χ2n) is 7.33. The first kappa shape index (κ1) is 23.0. The van der Waals surface area contributed by atoms with E-state index < -0.39 is 12.0 Å². The SMILES string of the molecule is CCC1=C(C(=O)OC(C)C)C(c2cccc(OCc3ccc(Cl)cc3Cl)c2)NC(=O)N1. The summed E-state index contributed by atoms with van der Waals surface area (Å²) >= 11 is 12.2. The Kier molecular flexibility index (Phi) is 7.46. The summed E-state index contributed by atoms with van der Waals surface area (Å²) < 4.78 is 11.3. The van der Waals surface area contributed by atoms with E-state index >= 15 is 0 Å². The topological polar surface area (TPSA) is 76.7 Å². The van der Waals surface area contributed by atoms with Crippen LogP contribution >= 0.6 is 23.2 Å². The second-order valence-corrected chi connectivity index (χ2v) is 8.17. The van der Waals surface area contributed by atoms with E-state index in [0.717, 1.165) is 5.56 Å². The van der Waals surface area contributed by atoms with Crippen molar-refractivity contribution in [3.8, 4) is 5.75 Å². The van der Waals surface area contributed by atoms with Gasteiger partial charge in [-0.2, -0.15) is 0 Å². The number of hydrogen-bond donors (Lipinski definition) is 2. The molecule has 1 aliphatic rings. The van der Waals surface area contributed by atoms with Crippen LogP contribution < -0.4 is 15.4 Å². The summed E-state index contributed by atoms with van der Waals surface area (Å²) in [6.07, 6.45) is 0.202. The van der Waals surface area contributed by atoms with Gasteiger partial charge in [-0.1, -0.05) is 48.3 Å². The molecule has 1 heterocycles. The predicted octanol–water partition coefficient (Wildman–Crippen LogP) is 5.54. The number of ether oxygens (including phenoxy) is 2. The van der Waals surface area contributed by atoms with Gasteiger partial charge in [-0.25, -0.2) is 9.59 Å². The maximum absolute atomic E-state index is 12.8. The Morgan fingerprint density at radius 1 is 1.16 bits per heavy atom. The molecular formula is C23H24Cl2N2O4. The van der Waals surface area contributed by atoms with Crippen LogP contribution in [0.15, 0.2) is 53.7 Å². The number of amides is 2. The summed E-state index contributed by atoms with van der Waals surface area (Å²) in [7, 11) is 0. The highest BCUT2D eigenvalue weighted by Gasteiger charge is 2.33. The summed E-state index contributed by atoms with van der Waals surface area (Å²) in [5.74, 6) is 0.106. The molecule has 31 heavy (non-hydrogen) atoms. The van der Waals surface area contributed by atoms with Crippen molar-refractivity contribution in [2.75, 3.05) is 0 Å². The first-order valence-electron chi connectivity index (χ1n) is 9.96. The van der Waals surface area contributed by atoms with Crippen LogP contribution in [0.2, 0.25) is 10.0 Å². The van der Waals surface area contributed by atoms with Crippen LogP contribution in [0.1, 0.15) is 44.4 Å². The zero-order chi connectivity index (χ0) is 22.5. The molecule has 6 nitrogen and oxygen atoms in total. The minimum Gasteiger partial charge on any atom is -0.489 e. The molecule has 2 aromatic rings. The van der Waals surface area contributed by atoms with Crippen molar-refractivity contribution in [1.29, 1.82) is 0 Å². The van der Waals surface area contributed by atoms with Crippen molar-refractivity contribution in [3.05, 3.63) is 74.9 Å². The van der Waals surface area contributed by atoms with Gasteiger partial charge in [-0.05, 0) is 50.1 Å². The molecule has 0 spiro atoms. The summed E-state index contributed by atoms with van der Waals surface area (Å²) in [6, 6.07) is 11.4. The third-order valence-corrected chi connectivity index (χ3v) is 5.26. The van der Waals surface area contributed by atoms with Gasteiger partial charge in [0.05, 0.1) is 17.7 Å². The quantitative estimate of drug-likeness (QED) is 0.529. The van der Waals surface area contributed by atoms with E-state index in [-0.39, 0.29) is 18.7 Å². The van der Waals surface area contributed by atoms with Gasteiger partial charge in [0.25, 0.3) is 0 Å². The number of benzene rings is 2. The molecule has 2 aromatic carbocycles. The molecule has 0 fully saturated rings. The third kappa shape index (κ3) is 5.71. The first-order chi connectivity index (χ1) is 14.8. The Morgan fingerprint density at radius 2 is 1.94 bits per heavy atom. The number of rotatable bonds is 7. The molecular weight excluding hydrogens is 439 g/mol. The van der Waals surface area contributed by atoms with E-state index in [4.69, 9.17) is 32.7 Å². The largest absolute Gasteiger partial charge is 0.489 e. The fraction of sp³-hybridized carbons (Fsp3) is 0.304. The van der Waals surface area contributed by atoms with E-state index in [9.17, 15) is 9.59 Å². The number of hydrogen-bond acceptors (Lipinski definition) is 4. The summed E-state index contributed by atoms with van der Waals surface area (Å²) in [4.78, 5) is 25.0. The van der Waals surface area contributed by atoms with Crippen molar-refractivity contribution in [2.24, 2.45) is 0 Å². The zero-order valence-corrected chi connectivity index (χ0v) is 19.0. The molecule has 0 saturated carbocycles. The molecule has 164 valence electrons. The second kappa shape index (κ2) is 10.1.